The summed E-state index contributed by atoms with van der Waals surface area (Å²) in [5.41, 5.74) is 1.40. The van der Waals surface area contributed by atoms with Crippen LogP contribution in [0.1, 0.15) is 47.8 Å². The molecule has 0 radical (unpaired) electrons. The molecule has 2 aliphatic rings. The van der Waals surface area contributed by atoms with Crippen molar-refractivity contribution < 1.29 is 0 Å². The van der Waals surface area contributed by atoms with Gasteiger partial charge in [-0.3, -0.25) is 0 Å². The maximum atomic E-state index is 4.92. The van der Waals surface area contributed by atoms with Crippen LogP contribution in [-0.2, 0) is 6.42 Å². The van der Waals surface area contributed by atoms with Gasteiger partial charge in [-0.2, -0.15) is 11.8 Å². The molecule has 94 valence electrons. The zero-order valence-corrected chi connectivity index (χ0v) is 12.2. The summed E-state index contributed by atoms with van der Waals surface area (Å²) in [5, 5.41) is 4.93. The van der Waals surface area contributed by atoms with E-state index in [0.29, 0.717) is 6.04 Å². The first-order valence-electron chi connectivity index (χ1n) is 6.54. The van der Waals surface area contributed by atoms with Gasteiger partial charge in [-0.1, -0.05) is 13.8 Å². The van der Waals surface area contributed by atoms with Crippen molar-refractivity contribution in [1.82, 2.24) is 10.3 Å². The molecule has 2 nitrogen and oxygen atoms in total. The summed E-state index contributed by atoms with van der Waals surface area (Å²) >= 11 is 4.01. The van der Waals surface area contributed by atoms with E-state index in [1.807, 2.05) is 23.1 Å². The monoisotopic (exact) mass is 268 g/mol. The van der Waals surface area contributed by atoms with Gasteiger partial charge >= 0.3 is 0 Å². The second kappa shape index (κ2) is 4.90. The third-order valence-electron chi connectivity index (χ3n) is 3.71. The third-order valence-corrected chi connectivity index (χ3v) is 6.21. The van der Waals surface area contributed by atoms with E-state index in [-0.39, 0.29) is 0 Å². The standard InChI is InChI=1S/C13H20N2S2/c1-8-5-9(2)12-10(6-8)15-13(17-12)11-7-16-4-3-14-11/h8-9,11,14H,3-7H2,1-2H3. The van der Waals surface area contributed by atoms with Gasteiger partial charge in [-0.25, -0.2) is 4.98 Å². The van der Waals surface area contributed by atoms with Crippen LogP contribution < -0.4 is 5.32 Å². The van der Waals surface area contributed by atoms with Crippen LogP contribution in [0.5, 0.6) is 0 Å². The van der Waals surface area contributed by atoms with Crippen LogP contribution in [0.2, 0.25) is 0 Å². The predicted molar refractivity (Wildman–Crippen MR) is 76.1 cm³/mol. The first kappa shape index (κ1) is 12.0. The lowest BCUT2D eigenvalue weighted by Crippen LogP contribution is -2.30. The number of thiazole rings is 1. The molecule has 1 aliphatic carbocycles. The van der Waals surface area contributed by atoms with Gasteiger partial charge in [0.1, 0.15) is 5.01 Å². The van der Waals surface area contributed by atoms with E-state index < -0.39 is 0 Å². The van der Waals surface area contributed by atoms with E-state index in [2.05, 4.69) is 19.2 Å². The van der Waals surface area contributed by atoms with Crippen LogP contribution in [0.15, 0.2) is 0 Å². The highest BCUT2D eigenvalue weighted by Crippen LogP contribution is 2.39. The summed E-state index contributed by atoms with van der Waals surface area (Å²) in [7, 11) is 0. The summed E-state index contributed by atoms with van der Waals surface area (Å²) in [4.78, 5) is 6.48. The Labute approximate surface area is 112 Å². The Morgan fingerprint density at radius 1 is 1.35 bits per heavy atom. The highest BCUT2D eigenvalue weighted by molar-refractivity contribution is 7.99. The van der Waals surface area contributed by atoms with Crippen molar-refractivity contribution >= 4 is 23.1 Å². The van der Waals surface area contributed by atoms with Gasteiger partial charge in [0.25, 0.3) is 0 Å². The number of fused-ring (bicyclic) bond motifs is 1. The number of hydrogen-bond acceptors (Lipinski definition) is 4. The maximum absolute atomic E-state index is 4.92. The third kappa shape index (κ3) is 2.40. The number of aromatic nitrogens is 1. The molecule has 1 aliphatic heterocycles. The highest BCUT2D eigenvalue weighted by atomic mass is 32.2. The molecule has 1 N–H and O–H groups in total. The van der Waals surface area contributed by atoms with Crippen molar-refractivity contribution in [2.24, 2.45) is 5.92 Å². The van der Waals surface area contributed by atoms with E-state index in [9.17, 15) is 0 Å². The molecule has 3 unspecified atom stereocenters. The van der Waals surface area contributed by atoms with Crippen molar-refractivity contribution in [2.45, 2.75) is 38.6 Å². The van der Waals surface area contributed by atoms with Gasteiger partial charge in [0.15, 0.2) is 0 Å². The van der Waals surface area contributed by atoms with Crippen molar-refractivity contribution in [3.63, 3.8) is 0 Å². The van der Waals surface area contributed by atoms with Gasteiger partial charge in [0.05, 0.1) is 11.7 Å². The second-order valence-electron chi connectivity index (χ2n) is 5.39. The van der Waals surface area contributed by atoms with Crippen LogP contribution in [0.4, 0.5) is 0 Å². The summed E-state index contributed by atoms with van der Waals surface area (Å²) in [6, 6.07) is 0.506. The molecule has 0 amide bonds. The van der Waals surface area contributed by atoms with Gasteiger partial charge in [-0.15, -0.1) is 11.3 Å². The highest BCUT2D eigenvalue weighted by Gasteiger charge is 2.28. The molecule has 4 heteroatoms. The first-order chi connectivity index (χ1) is 8.24. The van der Waals surface area contributed by atoms with Gasteiger partial charge < -0.3 is 5.32 Å². The van der Waals surface area contributed by atoms with E-state index in [1.165, 1.54) is 35.0 Å². The van der Waals surface area contributed by atoms with Gasteiger partial charge in [0.2, 0.25) is 0 Å². The Morgan fingerprint density at radius 2 is 2.24 bits per heavy atom. The number of thioether (sulfide) groups is 1. The largest absolute Gasteiger partial charge is 0.306 e. The van der Waals surface area contributed by atoms with Crippen LogP contribution in [-0.4, -0.2) is 23.0 Å². The Hall–Kier alpha value is -0.0600. The van der Waals surface area contributed by atoms with E-state index in [4.69, 9.17) is 4.98 Å². The Bertz CT molecular complexity index is 396. The molecule has 17 heavy (non-hydrogen) atoms. The number of rotatable bonds is 1. The van der Waals surface area contributed by atoms with E-state index in [0.717, 1.165) is 18.4 Å². The fraction of sp³-hybridized carbons (Fsp3) is 0.769. The van der Waals surface area contributed by atoms with Crippen molar-refractivity contribution in [3.05, 3.63) is 15.6 Å². The second-order valence-corrected chi connectivity index (χ2v) is 7.60. The van der Waals surface area contributed by atoms with Crippen LogP contribution in [0.3, 0.4) is 0 Å². The SMILES string of the molecule is CC1Cc2nc(C3CSCCN3)sc2C(C)C1. The van der Waals surface area contributed by atoms with E-state index >= 15 is 0 Å². The summed E-state index contributed by atoms with van der Waals surface area (Å²) in [5.74, 6) is 3.96. The Kier molecular flexibility index (Phi) is 3.46. The molecular weight excluding hydrogens is 248 g/mol. The average Bonchev–Trinajstić information content (AvgIpc) is 2.74. The molecule has 0 spiro atoms. The summed E-state index contributed by atoms with van der Waals surface area (Å²) in [6.45, 7) is 5.85. The normalized spacial score (nSPS) is 33.4. The molecule has 0 saturated carbocycles. The zero-order valence-electron chi connectivity index (χ0n) is 10.5. The molecule has 1 aromatic heterocycles. The lowest BCUT2D eigenvalue weighted by atomic mass is 9.86. The summed E-state index contributed by atoms with van der Waals surface area (Å²) in [6.07, 6.45) is 2.53. The van der Waals surface area contributed by atoms with Gasteiger partial charge in [-0.05, 0) is 24.7 Å². The number of nitrogens with zero attached hydrogens (tertiary/aromatic N) is 1. The zero-order chi connectivity index (χ0) is 11.8. The fourth-order valence-corrected chi connectivity index (χ4v) is 5.19. The minimum atomic E-state index is 0.506. The molecule has 2 heterocycles. The van der Waals surface area contributed by atoms with Gasteiger partial charge in [0, 0.05) is 22.9 Å². The Morgan fingerprint density at radius 3 is 3.00 bits per heavy atom. The summed E-state index contributed by atoms with van der Waals surface area (Å²) < 4.78 is 0. The average molecular weight is 268 g/mol. The minimum Gasteiger partial charge on any atom is -0.306 e. The topological polar surface area (TPSA) is 24.9 Å². The first-order valence-corrected chi connectivity index (χ1v) is 8.51. The molecule has 3 rings (SSSR count). The minimum absolute atomic E-state index is 0.506. The van der Waals surface area contributed by atoms with Crippen molar-refractivity contribution in [1.29, 1.82) is 0 Å². The maximum Gasteiger partial charge on any atom is 0.111 e. The fourth-order valence-electron chi connectivity index (χ4n) is 2.91. The Balaban J connectivity index is 1.85. The predicted octanol–water partition coefficient (Wildman–Crippen LogP) is 3.21. The molecule has 1 aromatic rings. The molecular formula is C13H20N2S2. The number of nitrogens with one attached hydrogen (secondary N) is 1. The lowest BCUT2D eigenvalue weighted by molar-refractivity contribution is 0.449. The van der Waals surface area contributed by atoms with Crippen molar-refractivity contribution in [2.75, 3.05) is 18.1 Å². The van der Waals surface area contributed by atoms with E-state index in [1.54, 1.807) is 4.88 Å². The molecule has 0 aromatic carbocycles. The van der Waals surface area contributed by atoms with Crippen LogP contribution >= 0.6 is 23.1 Å². The lowest BCUT2D eigenvalue weighted by Gasteiger charge is -2.22. The molecule has 1 saturated heterocycles. The van der Waals surface area contributed by atoms with Crippen LogP contribution in [0.25, 0.3) is 0 Å². The molecule has 0 bridgehead atoms. The molecule has 1 fully saturated rings. The van der Waals surface area contributed by atoms with Crippen molar-refractivity contribution in [3.8, 4) is 0 Å². The number of hydrogen-bond donors (Lipinski definition) is 1. The molecule has 3 atom stereocenters. The van der Waals surface area contributed by atoms with Crippen LogP contribution in [0, 0.1) is 5.92 Å². The quantitative estimate of drug-likeness (QED) is 0.846. The smallest absolute Gasteiger partial charge is 0.111 e.